The SMILES string of the molecule is CCCCc1ncc(CN2CCCC(N3CCN(C(=O)OCC)CC3)C2)[nH]1. The number of aromatic amines is 1. The Labute approximate surface area is 163 Å². The fraction of sp³-hybridized carbons (Fsp3) is 0.800. The van der Waals surface area contributed by atoms with Gasteiger partial charge in [0.05, 0.1) is 6.61 Å². The predicted molar refractivity (Wildman–Crippen MR) is 106 cm³/mol. The number of carbonyl (C=O) groups is 1. The lowest BCUT2D eigenvalue weighted by Crippen LogP contribution is -2.55. The maximum Gasteiger partial charge on any atom is 0.409 e. The minimum atomic E-state index is -0.166. The first kappa shape index (κ1) is 20.1. The third kappa shape index (κ3) is 5.69. The van der Waals surface area contributed by atoms with Gasteiger partial charge in [0.25, 0.3) is 0 Å². The van der Waals surface area contributed by atoms with E-state index in [4.69, 9.17) is 4.74 Å². The second kappa shape index (κ2) is 10.1. The average Bonchev–Trinajstić information content (AvgIpc) is 3.14. The van der Waals surface area contributed by atoms with Gasteiger partial charge in [-0.1, -0.05) is 13.3 Å². The Morgan fingerprint density at radius 2 is 2.07 bits per heavy atom. The van der Waals surface area contributed by atoms with Gasteiger partial charge in [-0.05, 0) is 32.7 Å². The van der Waals surface area contributed by atoms with Gasteiger partial charge >= 0.3 is 6.09 Å². The van der Waals surface area contributed by atoms with E-state index < -0.39 is 0 Å². The van der Waals surface area contributed by atoms with E-state index in [9.17, 15) is 4.79 Å². The number of H-pyrrole nitrogens is 1. The van der Waals surface area contributed by atoms with Crippen LogP contribution < -0.4 is 0 Å². The molecule has 2 aliphatic heterocycles. The van der Waals surface area contributed by atoms with Crippen LogP contribution in [0.4, 0.5) is 4.79 Å². The second-order valence-corrected chi connectivity index (χ2v) is 7.71. The third-order valence-electron chi connectivity index (χ3n) is 5.68. The summed E-state index contributed by atoms with van der Waals surface area (Å²) < 4.78 is 5.12. The van der Waals surface area contributed by atoms with Gasteiger partial charge in [0.2, 0.25) is 0 Å². The Kier molecular flexibility index (Phi) is 7.52. The molecule has 1 N–H and O–H groups in total. The highest BCUT2D eigenvalue weighted by atomic mass is 16.6. The first-order valence-corrected chi connectivity index (χ1v) is 10.6. The van der Waals surface area contributed by atoms with Crippen molar-refractivity contribution >= 4 is 6.09 Å². The van der Waals surface area contributed by atoms with E-state index in [0.29, 0.717) is 12.6 Å². The summed E-state index contributed by atoms with van der Waals surface area (Å²) in [5.74, 6) is 1.12. The van der Waals surface area contributed by atoms with Crippen LogP contribution in [-0.4, -0.2) is 82.7 Å². The number of piperazine rings is 1. The maximum absolute atomic E-state index is 11.9. The van der Waals surface area contributed by atoms with Gasteiger partial charge in [0.1, 0.15) is 5.82 Å². The molecule has 1 aromatic rings. The molecule has 1 amide bonds. The predicted octanol–water partition coefficient (Wildman–Crippen LogP) is 2.49. The summed E-state index contributed by atoms with van der Waals surface area (Å²) in [4.78, 5) is 26.8. The molecule has 0 bridgehead atoms. The first-order chi connectivity index (χ1) is 13.2. The van der Waals surface area contributed by atoms with Gasteiger partial charge in [-0.2, -0.15) is 0 Å². The molecule has 0 aliphatic carbocycles. The summed E-state index contributed by atoms with van der Waals surface area (Å²) in [5.41, 5.74) is 1.23. The zero-order valence-corrected chi connectivity index (χ0v) is 17.0. The standard InChI is InChI=1S/C20H35N5O2/c1-3-5-8-19-21-14-17(22-19)15-23-9-6-7-18(16-23)24-10-12-25(13-11-24)20(26)27-4-2/h14,18H,3-13,15-16H2,1-2H3,(H,21,22). The van der Waals surface area contributed by atoms with E-state index in [0.717, 1.165) is 58.1 Å². The highest BCUT2D eigenvalue weighted by Crippen LogP contribution is 2.19. The molecule has 3 rings (SSSR count). The van der Waals surface area contributed by atoms with Gasteiger partial charge in [-0.15, -0.1) is 0 Å². The molecule has 1 unspecified atom stereocenters. The monoisotopic (exact) mass is 377 g/mol. The number of rotatable bonds is 7. The zero-order valence-electron chi connectivity index (χ0n) is 17.0. The van der Waals surface area contributed by atoms with Crippen molar-refractivity contribution in [3.63, 3.8) is 0 Å². The lowest BCUT2D eigenvalue weighted by atomic mass is 10.0. The fourth-order valence-corrected chi connectivity index (χ4v) is 4.16. The van der Waals surface area contributed by atoms with Crippen molar-refractivity contribution in [2.24, 2.45) is 0 Å². The summed E-state index contributed by atoms with van der Waals surface area (Å²) in [6.45, 7) is 11.2. The Bertz CT molecular complexity index is 583. The number of hydrogen-bond donors (Lipinski definition) is 1. The number of carbonyl (C=O) groups excluding carboxylic acids is 1. The van der Waals surface area contributed by atoms with Crippen LogP contribution >= 0.6 is 0 Å². The number of ether oxygens (including phenoxy) is 1. The quantitative estimate of drug-likeness (QED) is 0.791. The van der Waals surface area contributed by atoms with Crippen LogP contribution in [0, 0.1) is 0 Å². The molecular formula is C20H35N5O2. The summed E-state index contributed by atoms with van der Waals surface area (Å²) in [6, 6.07) is 0.588. The molecule has 0 aromatic carbocycles. The van der Waals surface area contributed by atoms with E-state index in [1.54, 1.807) is 0 Å². The molecule has 2 fully saturated rings. The number of imidazole rings is 1. The minimum Gasteiger partial charge on any atom is -0.450 e. The number of likely N-dealkylation sites (tertiary alicyclic amines) is 1. The van der Waals surface area contributed by atoms with Crippen molar-refractivity contribution in [3.05, 3.63) is 17.7 Å². The van der Waals surface area contributed by atoms with Gasteiger partial charge in [0.15, 0.2) is 0 Å². The Morgan fingerprint density at radius 1 is 1.26 bits per heavy atom. The molecule has 152 valence electrons. The lowest BCUT2D eigenvalue weighted by molar-refractivity contribution is 0.0410. The van der Waals surface area contributed by atoms with Gasteiger partial charge < -0.3 is 14.6 Å². The molecule has 3 heterocycles. The van der Waals surface area contributed by atoms with Crippen LogP contribution in [0.3, 0.4) is 0 Å². The van der Waals surface area contributed by atoms with Crippen LogP contribution in [-0.2, 0) is 17.7 Å². The number of aromatic nitrogens is 2. The van der Waals surface area contributed by atoms with E-state index >= 15 is 0 Å². The summed E-state index contributed by atoms with van der Waals surface area (Å²) >= 11 is 0. The van der Waals surface area contributed by atoms with Gasteiger partial charge in [-0.3, -0.25) is 9.80 Å². The largest absolute Gasteiger partial charge is 0.450 e. The number of aryl methyl sites for hydroxylation is 1. The summed E-state index contributed by atoms with van der Waals surface area (Å²) in [5, 5.41) is 0. The van der Waals surface area contributed by atoms with E-state index in [-0.39, 0.29) is 6.09 Å². The molecule has 2 saturated heterocycles. The molecule has 7 heteroatoms. The topological polar surface area (TPSA) is 64.7 Å². The smallest absolute Gasteiger partial charge is 0.409 e. The average molecular weight is 378 g/mol. The van der Waals surface area contributed by atoms with E-state index in [1.807, 2.05) is 18.0 Å². The molecule has 1 atom stereocenters. The highest BCUT2D eigenvalue weighted by Gasteiger charge is 2.29. The number of nitrogens with one attached hydrogen (secondary N) is 1. The third-order valence-corrected chi connectivity index (χ3v) is 5.68. The number of amides is 1. The molecule has 7 nitrogen and oxygen atoms in total. The van der Waals surface area contributed by atoms with Crippen molar-refractivity contribution in [2.75, 3.05) is 45.9 Å². The van der Waals surface area contributed by atoms with Crippen LogP contribution in [0.1, 0.15) is 51.0 Å². The van der Waals surface area contributed by atoms with Crippen LogP contribution in [0.2, 0.25) is 0 Å². The molecule has 0 spiro atoms. The number of nitrogens with zero attached hydrogens (tertiary/aromatic N) is 4. The molecule has 1 aromatic heterocycles. The number of piperidine rings is 1. The molecule has 27 heavy (non-hydrogen) atoms. The summed E-state index contributed by atoms with van der Waals surface area (Å²) in [6.07, 6.45) is 7.76. The lowest BCUT2D eigenvalue weighted by Gasteiger charge is -2.43. The van der Waals surface area contributed by atoms with E-state index in [1.165, 1.54) is 31.4 Å². The van der Waals surface area contributed by atoms with Crippen LogP contribution in [0.5, 0.6) is 0 Å². The minimum absolute atomic E-state index is 0.166. The van der Waals surface area contributed by atoms with Crippen molar-refractivity contribution in [2.45, 2.75) is 58.5 Å². The van der Waals surface area contributed by atoms with Crippen molar-refractivity contribution < 1.29 is 9.53 Å². The Balaban J connectivity index is 1.45. The second-order valence-electron chi connectivity index (χ2n) is 7.71. The maximum atomic E-state index is 11.9. The number of unbranched alkanes of at least 4 members (excludes halogenated alkanes) is 1. The Hall–Kier alpha value is -1.60. The highest BCUT2D eigenvalue weighted by molar-refractivity contribution is 5.67. The van der Waals surface area contributed by atoms with Gasteiger partial charge in [-0.25, -0.2) is 9.78 Å². The molecule has 0 saturated carbocycles. The molecule has 0 radical (unpaired) electrons. The van der Waals surface area contributed by atoms with Crippen LogP contribution in [0.25, 0.3) is 0 Å². The first-order valence-electron chi connectivity index (χ1n) is 10.6. The normalized spacial score (nSPS) is 22.1. The number of hydrogen-bond acceptors (Lipinski definition) is 5. The molecule has 2 aliphatic rings. The van der Waals surface area contributed by atoms with Crippen molar-refractivity contribution in [1.29, 1.82) is 0 Å². The van der Waals surface area contributed by atoms with E-state index in [2.05, 4.69) is 26.7 Å². The van der Waals surface area contributed by atoms with Crippen molar-refractivity contribution in [1.82, 2.24) is 24.7 Å². The fourth-order valence-electron chi connectivity index (χ4n) is 4.16. The van der Waals surface area contributed by atoms with Gasteiger partial charge in [0, 0.05) is 63.6 Å². The Morgan fingerprint density at radius 3 is 2.81 bits per heavy atom. The molecular weight excluding hydrogens is 342 g/mol. The summed E-state index contributed by atoms with van der Waals surface area (Å²) in [7, 11) is 0. The van der Waals surface area contributed by atoms with Crippen LogP contribution in [0.15, 0.2) is 6.20 Å². The zero-order chi connectivity index (χ0) is 19.1. The van der Waals surface area contributed by atoms with Crippen molar-refractivity contribution in [3.8, 4) is 0 Å².